The quantitative estimate of drug-likeness (QED) is 0.139. The molecule has 2 aliphatic rings. The summed E-state index contributed by atoms with van der Waals surface area (Å²) < 4.78 is 20.9. The van der Waals surface area contributed by atoms with Crippen LogP contribution in [-0.4, -0.2) is 123 Å². The Bertz CT molecular complexity index is 669. The number of morpholine rings is 2. The number of thiol groups is 1. The Kier molecular flexibility index (Phi) is 29.8. The fourth-order valence-corrected chi connectivity index (χ4v) is 5.55. The van der Waals surface area contributed by atoms with Gasteiger partial charge in [0.05, 0.1) is 51.5 Å². The van der Waals surface area contributed by atoms with Crippen molar-refractivity contribution in [3.63, 3.8) is 0 Å². The van der Waals surface area contributed by atoms with Crippen LogP contribution in [0.2, 0.25) is 0 Å². The van der Waals surface area contributed by atoms with E-state index in [9.17, 15) is 14.4 Å². The Balaban J connectivity index is 0. The Morgan fingerprint density at radius 3 is 1.56 bits per heavy atom. The third-order valence-electron chi connectivity index (χ3n) is 6.75. The van der Waals surface area contributed by atoms with Gasteiger partial charge in [0.15, 0.2) is 5.12 Å². The maximum atomic E-state index is 12.0. The molecule has 10 nitrogen and oxygen atoms in total. The summed E-state index contributed by atoms with van der Waals surface area (Å²) in [7, 11) is 0. The van der Waals surface area contributed by atoms with Crippen LogP contribution >= 0.6 is 24.4 Å². The second-order valence-electron chi connectivity index (χ2n) is 9.73. The van der Waals surface area contributed by atoms with Crippen molar-refractivity contribution >= 4 is 41.4 Å². The normalized spacial score (nSPS) is 17.1. The number of thioether (sulfide) groups is 1. The molecule has 0 spiro atoms. The van der Waals surface area contributed by atoms with Crippen molar-refractivity contribution < 1.29 is 57.7 Å². The van der Waals surface area contributed by atoms with Gasteiger partial charge in [-0.15, -0.1) is 0 Å². The zero-order valence-electron chi connectivity index (χ0n) is 25.9. The van der Waals surface area contributed by atoms with Crippen molar-refractivity contribution in [3.8, 4) is 0 Å². The van der Waals surface area contributed by atoms with E-state index < -0.39 is 0 Å². The minimum atomic E-state index is -0.122. The molecule has 0 unspecified atom stereocenters. The summed E-state index contributed by atoms with van der Waals surface area (Å²) in [5.74, 6) is 1.18. The first kappa shape index (κ1) is 42.8. The standard InChI is InChI=1S/C15H27NO4S.C13H25NO3S.Li.H2O/c1-3-20-15(18)14(6-12-21-13(2)17)5-4-7-16-8-10-19-11-9-16;1-2-17-13(15)12(5-11-18)4-3-6-14-7-9-16-10-8-14;;/h14H,3-12H2,1-2H3;12,18H,2-11H2,1H3;;1H2/q;;+1;/p-1/t14-;12-;;/m11../s1. The molecule has 2 aliphatic heterocycles. The van der Waals surface area contributed by atoms with Crippen LogP contribution in [0, 0.1) is 11.8 Å². The number of carbonyl (C=O) groups excluding carboxylic acids is 3. The van der Waals surface area contributed by atoms with Crippen molar-refractivity contribution in [2.75, 3.05) is 90.4 Å². The van der Waals surface area contributed by atoms with Gasteiger partial charge in [-0.2, -0.15) is 12.6 Å². The van der Waals surface area contributed by atoms with Gasteiger partial charge in [0.1, 0.15) is 0 Å². The molecule has 2 fully saturated rings. The van der Waals surface area contributed by atoms with E-state index in [1.165, 1.54) is 11.8 Å². The van der Waals surface area contributed by atoms with Crippen LogP contribution in [0.4, 0.5) is 0 Å². The number of hydrogen-bond acceptors (Lipinski definition) is 12. The molecule has 2 saturated heterocycles. The summed E-state index contributed by atoms with van der Waals surface area (Å²) in [5, 5.41) is 0.103. The average molecular weight is 617 g/mol. The third-order valence-corrected chi connectivity index (χ3v) is 7.85. The van der Waals surface area contributed by atoms with Crippen molar-refractivity contribution in [1.29, 1.82) is 0 Å². The number of ether oxygens (including phenoxy) is 4. The van der Waals surface area contributed by atoms with E-state index in [0.717, 1.165) is 104 Å². The first-order valence-electron chi connectivity index (χ1n) is 14.6. The molecule has 2 heterocycles. The Hall–Kier alpha value is -0.293. The maximum absolute atomic E-state index is 12.0. The van der Waals surface area contributed by atoms with Gasteiger partial charge in [0.2, 0.25) is 0 Å². The summed E-state index contributed by atoms with van der Waals surface area (Å²) in [5.41, 5.74) is 0. The zero-order chi connectivity index (χ0) is 28.7. The molecule has 13 heteroatoms. The average Bonchev–Trinajstić information content (AvgIpc) is 2.93. The first-order chi connectivity index (χ1) is 18.9. The molecule has 0 amide bonds. The third kappa shape index (κ3) is 22.0. The monoisotopic (exact) mass is 616 g/mol. The minimum Gasteiger partial charge on any atom is -0.870 e. The molecule has 0 radical (unpaired) electrons. The Morgan fingerprint density at radius 2 is 1.20 bits per heavy atom. The fraction of sp³-hybridized carbons (Fsp3) is 0.893. The fourth-order valence-electron chi connectivity index (χ4n) is 4.55. The molecule has 2 rings (SSSR count). The number of carbonyl (C=O) groups is 3. The van der Waals surface area contributed by atoms with Gasteiger partial charge in [-0.25, -0.2) is 0 Å². The molecule has 0 aromatic rings. The molecule has 0 aliphatic carbocycles. The van der Waals surface area contributed by atoms with E-state index in [1.54, 1.807) is 6.92 Å². The molecule has 1 N–H and O–H groups in total. The smallest absolute Gasteiger partial charge is 0.870 e. The van der Waals surface area contributed by atoms with Gasteiger partial charge in [0.25, 0.3) is 0 Å². The summed E-state index contributed by atoms with van der Waals surface area (Å²) in [6.07, 6.45) is 5.27. The van der Waals surface area contributed by atoms with Gasteiger partial charge in [-0.05, 0) is 71.2 Å². The SMILES string of the molecule is CCOC(=O)[C@@H](CCS)CCCN1CCOCC1.CCOC(=O)[C@H](CCCN1CCOCC1)CCSC(C)=O.[Li+].[OH-]. The van der Waals surface area contributed by atoms with Crippen molar-refractivity contribution in [1.82, 2.24) is 9.80 Å². The van der Waals surface area contributed by atoms with E-state index in [4.69, 9.17) is 18.9 Å². The van der Waals surface area contributed by atoms with Gasteiger partial charge in [-0.1, -0.05) is 11.8 Å². The van der Waals surface area contributed by atoms with Crippen LogP contribution in [-0.2, 0) is 33.3 Å². The topological polar surface area (TPSA) is 125 Å². The molecule has 2 atom stereocenters. The Morgan fingerprint density at radius 1 is 0.780 bits per heavy atom. The molecule has 0 bridgehead atoms. The minimum absolute atomic E-state index is 0. The molecular weight excluding hydrogens is 563 g/mol. The molecule has 0 aromatic carbocycles. The second-order valence-corrected chi connectivity index (χ2v) is 11.5. The van der Waals surface area contributed by atoms with E-state index in [2.05, 4.69) is 22.4 Å². The number of rotatable bonds is 17. The molecule has 0 aromatic heterocycles. The van der Waals surface area contributed by atoms with E-state index in [-0.39, 0.29) is 53.2 Å². The summed E-state index contributed by atoms with van der Waals surface area (Å²) in [6.45, 7) is 15.4. The molecule has 236 valence electrons. The largest absolute Gasteiger partial charge is 1.00 e. The summed E-state index contributed by atoms with van der Waals surface area (Å²) in [4.78, 5) is 39.4. The molecule has 0 saturated carbocycles. The van der Waals surface area contributed by atoms with Crippen LogP contribution in [0.1, 0.15) is 59.3 Å². The van der Waals surface area contributed by atoms with Crippen LogP contribution in [0.15, 0.2) is 0 Å². The predicted molar refractivity (Wildman–Crippen MR) is 161 cm³/mol. The number of esters is 2. The first-order valence-corrected chi connectivity index (χ1v) is 16.2. The van der Waals surface area contributed by atoms with Crippen LogP contribution in [0.5, 0.6) is 0 Å². The van der Waals surface area contributed by atoms with Gasteiger partial charge in [-0.3, -0.25) is 24.2 Å². The number of hydrogen-bond donors (Lipinski definition) is 1. The second kappa shape index (κ2) is 28.5. The van der Waals surface area contributed by atoms with E-state index in [1.807, 2.05) is 13.8 Å². The van der Waals surface area contributed by atoms with Crippen molar-refractivity contribution in [2.45, 2.75) is 59.3 Å². The van der Waals surface area contributed by atoms with Crippen molar-refractivity contribution in [2.24, 2.45) is 11.8 Å². The van der Waals surface area contributed by atoms with Gasteiger partial charge < -0.3 is 24.4 Å². The van der Waals surface area contributed by atoms with Gasteiger partial charge >= 0.3 is 30.8 Å². The van der Waals surface area contributed by atoms with Gasteiger partial charge in [0, 0.05) is 38.9 Å². The van der Waals surface area contributed by atoms with Crippen LogP contribution in [0.3, 0.4) is 0 Å². The predicted octanol–water partition coefficient (Wildman–Crippen LogP) is 0.373. The summed E-state index contributed by atoms with van der Waals surface area (Å²) >= 11 is 5.49. The van der Waals surface area contributed by atoms with Crippen LogP contribution in [0.25, 0.3) is 0 Å². The maximum Gasteiger partial charge on any atom is 1.00 e. The van der Waals surface area contributed by atoms with Crippen molar-refractivity contribution in [3.05, 3.63) is 0 Å². The summed E-state index contributed by atoms with van der Waals surface area (Å²) in [6, 6.07) is 0. The molecule has 41 heavy (non-hydrogen) atoms. The number of nitrogens with zero attached hydrogens (tertiary/aromatic N) is 2. The van der Waals surface area contributed by atoms with E-state index in [0.29, 0.717) is 25.4 Å². The zero-order valence-corrected chi connectivity index (χ0v) is 27.6. The van der Waals surface area contributed by atoms with E-state index >= 15 is 0 Å². The van der Waals surface area contributed by atoms with Crippen LogP contribution < -0.4 is 18.9 Å². The Labute approximate surface area is 269 Å². The molecular formula is C28H53LiN2O8S2.